The average molecular weight is 379 g/mol. The smallest absolute Gasteiger partial charge is 0.230 e. The number of hydrogen-bond donors (Lipinski definition) is 1. The Morgan fingerprint density at radius 3 is 2.89 bits per heavy atom. The van der Waals surface area contributed by atoms with Crippen molar-refractivity contribution < 1.29 is 9.53 Å². The first-order valence-electron chi connectivity index (χ1n) is 9.19. The third kappa shape index (κ3) is 4.71. The van der Waals surface area contributed by atoms with E-state index in [-0.39, 0.29) is 12.3 Å². The lowest BCUT2D eigenvalue weighted by Gasteiger charge is -2.14. The first-order chi connectivity index (χ1) is 13.3. The van der Waals surface area contributed by atoms with Gasteiger partial charge in [-0.1, -0.05) is 12.1 Å². The lowest BCUT2D eigenvalue weighted by atomic mass is 10.2. The number of aromatic nitrogens is 2. The minimum atomic E-state index is -0.0918. The van der Waals surface area contributed by atoms with E-state index >= 15 is 0 Å². The molecule has 0 saturated heterocycles. The highest BCUT2D eigenvalue weighted by Crippen LogP contribution is 2.26. The van der Waals surface area contributed by atoms with Crippen LogP contribution in [-0.4, -0.2) is 22.0 Å². The van der Waals surface area contributed by atoms with Crippen molar-refractivity contribution in [3.8, 4) is 16.5 Å². The average Bonchev–Trinajstić information content (AvgIpc) is 3.35. The number of anilines is 1. The van der Waals surface area contributed by atoms with Crippen LogP contribution in [0.1, 0.15) is 31.4 Å². The van der Waals surface area contributed by atoms with Gasteiger partial charge in [-0.05, 0) is 49.9 Å². The Labute approximate surface area is 162 Å². The molecule has 0 spiro atoms. The van der Waals surface area contributed by atoms with E-state index in [1.807, 2.05) is 47.8 Å². The van der Waals surface area contributed by atoms with Crippen molar-refractivity contribution in [3.05, 3.63) is 59.7 Å². The number of hydrogen-bond acceptors (Lipinski definition) is 5. The molecule has 4 rings (SSSR count). The van der Waals surface area contributed by atoms with E-state index in [0.29, 0.717) is 6.10 Å². The Hall–Kier alpha value is -2.73. The van der Waals surface area contributed by atoms with E-state index in [2.05, 4.69) is 15.3 Å². The van der Waals surface area contributed by atoms with Crippen molar-refractivity contribution in [3.63, 3.8) is 0 Å². The van der Waals surface area contributed by atoms with Crippen LogP contribution in [0.5, 0.6) is 5.75 Å². The minimum absolute atomic E-state index is 0.0918. The van der Waals surface area contributed by atoms with Crippen molar-refractivity contribution in [2.24, 2.45) is 0 Å². The van der Waals surface area contributed by atoms with Gasteiger partial charge >= 0.3 is 0 Å². The molecule has 1 amide bonds. The number of carbonyl (C=O) groups is 1. The zero-order chi connectivity index (χ0) is 18.5. The highest BCUT2D eigenvalue weighted by molar-refractivity contribution is 7.13. The number of ether oxygens (including phenoxy) is 1. The van der Waals surface area contributed by atoms with Crippen molar-refractivity contribution in [1.82, 2.24) is 9.97 Å². The molecule has 0 radical (unpaired) electrons. The molecule has 2 aromatic heterocycles. The van der Waals surface area contributed by atoms with Crippen LogP contribution >= 0.6 is 11.3 Å². The highest BCUT2D eigenvalue weighted by Gasteiger charge is 2.16. The zero-order valence-electron chi connectivity index (χ0n) is 14.9. The summed E-state index contributed by atoms with van der Waals surface area (Å²) in [4.78, 5) is 21.2. The van der Waals surface area contributed by atoms with Gasteiger partial charge in [0.25, 0.3) is 0 Å². The van der Waals surface area contributed by atoms with Crippen LogP contribution < -0.4 is 10.1 Å². The molecule has 0 atom stereocenters. The second-order valence-corrected chi connectivity index (χ2v) is 7.49. The number of amides is 1. The molecular weight excluding hydrogens is 358 g/mol. The van der Waals surface area contributed by atoms with Gasteiger partial charge < -0.3 is 10.1 Å². The van der Waals surface area contributed by atoms with E-state index in [9.17, 15) is 4.79 Å². The van der Waals surface area contributed by atoms with Gasteiger partial charge in [0, 0.05) is 23.3 Å². The Kier molecular flexibility index (Phi) is 5.44. The van der Waals surface area contributed by atoms with Gasteiger partial charge in [-0.15, -0.1) is 11.3 Å². The summed E-state index contributed by atoms with van der Waals surface area (Å²) in [5.74, 6) is 0.719. The number of rotatable bonds is 6. The van der Waals surface area contributed by atoms with E-state index in [1.165, 1.54) is 24.2 Å². The first-order valence-corrected chi connectivity index (χ1v) is 10.1. The lowest BCUT2D eigenvalue weighted by molar-refractivity contribution is -0.115. The number of pyridine rings is 1. The summed E-state index contributed by atoms with van der Waals surface area (Å²) in [7, 11) is 0. The fraction of sp³-hybridized carbons (Fsp3) is 0.286. The summed E-state index contributed by atoms with van der Waals surface area (Å²) in [6.07, 6.45) is 6.96. The van der Waals surface area contributed by atoms with Crippen molar-refractivity contribution >= 4 is 22.9 Å². The number of benzene rings is 1. The summed E-state index contributed by atoms with van der Waals surface area (Å²) >= 11 is 1.50. The van der Waals surface area contributed by atoms with Gasteiger partial charge in [-0.2, -0.15) is 0 Å². The lowest BCUT2D eigenvalue weighted by Crippen LogP contribution is -2.15. The molecule has 27 heavy (non-hydrogen) atoms. The third-order valence-corrected chi connectivity index (χ3v) is 5.41. The molecule has 0 unspecified atom stereocenters. The van der Waals surface area contributed by atoms with Gasteiger partial charge in [0.15, 0.2) is 0 Å². The molecule has 1 aliphatic rings. The molecular formula is C21H21N3O2S. The zero-order valence-corrected chi connectivity index (χ0v) is 15.7. The van der Waals surface area contributed by atoms with Gasteiger partial charge in [-0.25, -0.2) is 4.98 Å². The largest absolute Gasteiger partial charge is 0.490 e. The predicted octanol–water partition coefficient (Wildman–Crippen LogP) is 4.71. The molecule has 0 aliphatic heterocycles. The maximum atomic E-state index is 12.4. The van der Waals surface area contributed by atoms with Crippen LogP contribution in [0.4, 0.5) is 5.69 Å². The number of nitrogens with one attached hydrogen (secondary N) is 1. The molecule has 1 aliphatic carbocycles. The molecule has 5 nitrogen and oxygen atoms in total. The second-order valence-electron chi connectivity index (χ2n) is 6.64. The van der Waals surface area contributed by atoms with E-state index in [4.69, 9.17) is 4.74 Å². The Balaban J connectivity index is 1.36. The summed E-state index contributed by atoms with van der Waals surface area (Å²) in [6.45, 7) is 0. The fourth-order valence-electron chi connectivity index (χ4n) is 3.21. The molecule has 1 N–H and O–H groups in total. The van der Waals surface area contributed by atoms with Gasteiger partial charge in [-0.3, -0.25) is 9.78 Å². The molecule has 0 bridgehead atoms. The summed E-state index contributed by atoms with van der Waals surface area (Å²) in [5.41, 5.74) is 2.32. The topological polar surface area (TPSA) is 64.1 Å². The SMILES string of the molecule is O=C(Cc1csc(-c2ccccn2)n1)Nc1cccc(OC2CCCC2)c1. The van der Waals surface area contributed by atoms with Crippen molar-refractivity contribution in [2.45, 2.75) is 38.2 Å². The van der Waals surface area contributed by atoms with Crippen molar-refractivity contribution in [1.29, 1.82) is 0 Å². The quantitative estimate of drug-likeness (QED) is 0.674. The monoisotopic (exact) mass is 379 g/mol. The molecule has 1 saturated carbocycles. The standard InChI is InChI=1S/C21H21N3O2S/c25-20(13-16-14-27-21(24-16)19-10-3-4-11-22-19)23-15-6-5-9-18(12-15)26-17-7-1-2-8-17/h3-6,9-12,14,17H,1-2,7-8,13H2,(H,23,25). The number of carbonyl (C=O) groups excluding carboxylic acids is 1. The number of nitrogens with zero attached hydrogens (tertiary/aromatic N) is 2. The Morgan fingerprint density at radius 2 is 2.07 bits per heavy atom. The number of thiazole rings is 1. The molecule has 2 heterocycles. The highest BCUT2D eigenvalue weighted by atomic mass is 32.1. The van der Waals surface area contributed by atoms with Crippen LogP contribution in [0.15, 0.2) is 54.0 Å². The van der Waals surface area contributed by atoms with E-state index in [0.717, 1.165) is 40.7 Å². The van der Waals surface area contributed by atoms with Crippen LogP contribution in [0.3, 0.4) is 0 Å². The minimum Gasteiger partial charge on any atom is -0.490 e. The maximum absolute atomic E-state index is 12.4. The van der Waals surface area contributed by atoms with E-state index < -0.39 is 0 Å². The second kappa shape index (κ2) is 8.31. The Morgan fingerprint density at radius 1 is 1.19 bits per heavy atom. The predicted molar refractivity (Wildman–Crippen MR) is 107 cm³/mol. The Bertz CT molecular complexity index is 905. The van der Waals surface area contributed by atoms with Crippen LogP contribution in [-0.2, 0) is 11.2 Å². The first kappa shape index (κ1) is 17.7. The summed E-state index contributed by atoms with van der Waals surface area (Å²) in [5, 5.41) is 5.67. The molecule has 1 aromatic carbocycles. The maximum Gasteiger partial charge on any atom is 0.230 e. The van der Waals surface area contributed by atoms with Gasteiger partial charge in [0.1, 0.15) is 10.8 Å². The molecule has 138 valence electrons. The van der Waals surface area contributed by atoms with Crippen LogP contribution in [0, 0.1) is 0 Å². The van der Waals surface area contributed by atoms with Gasteiger partial charge in [0.05, 0.1) is 23.9 Å². The van der Waals surface area contributed by atoms with Crippen LogP contribution in [0.25, 0.3) is 10.7 Å². The van der Waals surface area contributed by atoms with Crippen LogP contribution in [0.2, 0.25) is 0 Å². The fourth-order valence-corrected chi connectivity index (χ4v) is 4.01. The normalized spacial score (nSPS) is 14.2. The molecule has 3 aromatic rings. The molecule has 6 heteroatoms. The van der Waals surface area contributed by atoms with Gasteiger partial charge in [0.2, 0.25) is 5.91 Å². The summed E-state index contributed by atoms with van der Waals surface area (Å²) < 4.78 is 6.00. The van der Waals surface area contributed by atoms with E-state index in [1.54, 1.807) is 6.20 Å². The third-order valence-electron chi connectivity index (χ3n) is 4.50. The summed E-state index contributed by atoms with van der Waals surface area (Å²) in [6, 6.07) is 13.3. The van der Waals surface area contributed by atoms with Crippen molar-refractivity contribution in [2.75, 3.05) is 5.32 Å². The molecule has 1 fully saturated rings.